The smallest absolute Gasteiger partial charge is 0.301 e. The molecule has 0 saturated heterocycles. The number of non-ortho nitro benzene ring substituents is 1. The van der Waals surface area contributed by atoms with Crippen LogP contribution in [0.4, 0.5) is 51.2 Å². The Morgan fingerprint density at radius 3 is 1.34 bits per heavy atom. The summed E-state index contributed by atoms with van der Waals surface area (Å²) in [5.74, 6) is -0.932. The SMILES string of the molecule is CO.COc1cc([N+](=O)[O-])c(S(=O)(=O)O)cc1N.Nc1cc(S(=O)(=O)O)c2cc(S(=O)(=O)O)c(N)c(O)c2c1N.Nc1cc2ccc(N)c(S(=O)(=O)O)c2cc1S(=O)(=O)O.Nc1ccc([N+](=O)[O-])cc1S(=O)(=O)O. The molecule has 0 saturated carbocycles. The molecule has 0 heterocycles. The van der Waals surface area contributed by atoms with Gasteiger partial charge in [0.15, 0.2) is 4.90 Å². The van der Waals surface area contributed by atoms with Crippen molar-refractivity contribution in [3.8, 4) is 11.5 Å². The number of methoxy groups -OCH3 is 1. The number of aromatic hydroxyl groups is 1. The van der Waals surface area contributed by atoms with E-state index in [1.165, 1.54) is 19.2 Å². The van der Waals surface area contributed by atoms with Gasteiger partial charge < -0.3 is 55.1 Å². The highest BCUT2D eigenvalue weighted by Crippen LogP contribution is 2.44. The molecule has 6 aromatic carbocycles. The second-order valence-corrected chi connectivity index (χ2v) is 22.0. The average Bonchev–Trinajstić information content (AvgIpc) is 3.24. The lowest BCUT2D eigenvalue weighted by Crippen LogP contribution is -2.08. The first-order valence-electron chi connectivity index (χ1n) is 18.2. The van der Waals surface area contributed by atoms with Crippen LogP contribution in [0.25, 0.3) is 21.5 Å². The number of fused-ring (bicyclic) bond motifs is 2. The fraction of sp³-hybridized carbons (Fsp3) is 0.0588. The van der Waals surface area contributed by atoms with Crippen molar-refractivity contribution in [3.63, 3.8) is 0 Å². The van der Waals surface area contributed by atoms with E-state index in [-0.39, 0.29) is 56.0 Å². The lowest BCUT2D eigenvalue weighted by atomic mass is 10.1. The predicted molar refractivity (Wildman–Crippen MR) is 260 cm³/mol. The third-order valence-electron chi connectivity index (χ3n) is 8.93. The van der Waals surface area contributed by atoms with Crippen LogP contribution in [-0.4, -0.2) is 112 Å². The van der Waals surface area contributed by atoms with Gasteiger partial charge >= 0.3 is 10.1 Å². The largest absolute Gasteiger partial charge is 0.505 e. The minimum absolute atomic E-state index is 0.0425. The van der Waals surface area contributed by atoms with Gasteiger partial charge in [0.2, 0.25) is 0 Å². The Bertz CT molecular complexity index is 3960. The summed E-state index contributed by atoms with van der Waals surface area (Å²) in [6.45, 7) is 0. The molecule has 0 aliphatic carbocycles. The number of nitro benzene ring substituents is 2. The number of nitro groups is 2. The molecule has 40 heteroatoms. The van der Waals surface area contributed by atoms with Crippen LogP contribution in [0.5, 0.6) is 11.5 Å². The number of nitrogens with zero attached hydrogens (tertiary/aromatic N) is 2. The fourth-order valence-corrected chi connectivity index (χ4v) is 9.93. The number of rotatable bonds is 9. The number of anilines is 7. The van der Waals surface area contributed by atoms with E-state index in [2.05, 4.69) is 0 Å². The second-order valence-electron chi connectivity index (χ2n) is 13.7. The number of hydrogen-bond donors (Lipinski definition) is 15. The van der Waals surface area contributed by atoms with Crippen molar-refractivity contribution in [2.45, 2.75) is 29.4 Å². The number of nitrogens with two attached hydrogens (primary N) is 7. The molecule has 0 aromatic heterocycles. The molecule has 0 spiro atoms. The van der Waals surface area contributed by atoms with Crippen LogP contribution in [0, 0.1) is 20.2 Å². The summed E-state index contributed by atoms with van der Waals surface area (Å²) in [6.07, 6.45) is 0. The number of aliphatic hydroxyl groups is 1. The van der Waals surface area contributed by atoms with Crippen molar-refractivity contribution in [1.29, 1.82) is 0 Å². The molecular formula is C34H39N9O25S6. The summed E-state index contributed by atoms with van der Waals surface area (Å²) in [6, 6.07) is 10.5. The van der Waals surface area contributed by atoms with E-state index in [9.17, 15) is 84.9 Å². The molecule has 6 rings (SSSR count). The highest BCUT2D eigenvalue weighted by molar-refractivity contribution is 7.87. The molecule has 74 heavy (non-hydrogen) atoms. The normalized spacial score (nSPS) is 11.8. The Hall–Kier alpha value is -7.74. The van der Waals surface area contributed by atoms with Crippen molar-refractivity contribution in [2.75, 3.05) is 54.4 Å². The number of phenols is 1. The molecule has 0 aliphatic heterocycles. The van der Waals surface area contributed by atoms with Crippen LogP contribution < -0.4 is 44.9 Å². The summed E-state index contributed by atoms with van der Waals surface area (Å²) in [5, 5.41) is 37.1. The molecule has 22 N–H and O–H groups in total. The number of ether oxygens (including phenoxy) is 1. The van der Waals surface area contributed by atoms with E-state index < -0.39 is 128 Å². The van der Waals surface area contributed by atoms with Crippen molar-refractivity contribution < 1.29 is 103 Å². The first-order chi connectivity index (χ1) is 33.5. The van der Waals surface area contributed by atoms with E-state index in [0.29, 0.717) is 12.1 Å². The van der Waals surface area contributed by atoms with Crippen molar-refractivity contribution in [2.24, 2.45) is 0 Å². The summed E-state index contributed by atoms with van der Waals surface area (Å²) in [4.78, 5) is 14.6. The maximum Gasteiger partial charge on any atom is 0.301 e. The number of phenolic OH excluding ortho intramolecular Hbond substituents is 1. The average molecular weight is 1170 g/mol. The monoisotopic (exact) mass is 1170 g/mol. The lowest BCUT2D eigenvalue weighted by Gasteiger charge is -2.14. The number of hydrogen-bond acceptors (Lipinski definition) is 26. The van der Waals surface area contributed by atoms with Crippen molar-refractivity contribution in [1.82, 2.24) is 0 Å². The Morgan fingerprint density at radius 2 is 0.905 bits per heavy atom. The molecule has 0 atom stereocenters. The third kappa shape index (κ3) is 14.7. The van der Waals surface area contributed by atoms with Gasteiger partial charge in [0.05, 0.1) is 68.2 Å². The number of nitrogen functional groups attached to an aromatic ring is 7. The first kappa shape index (κ1) is 62.4. The van der Waals surface area contributed by atoms with E-state index in [1.54, 1.807) is 0 Å². The highest BCUT2D eigenvalue weighted by atomic mass is 32.2. The minimum Gasteiger partial charge on any atom is -0.505 e. The molecule has 0 fully saturated rings. The zero-order valence-electron chi connectivity index (χ0n) is 36.8. The molecule has 0 aliphatic rings. The molecule has 6 aromatic rings. The summed E-state index contributed by atoms with van der Waals surface area (Å²) in [5.41, 5.74) is 34.7. The van der Waals surface area contributed by atoms with Gasteiger partial charge in [-0.2, -0.15) is 50.5 Å². The van der Waals surface area contributed by atoms with Gasteiger partial charge in [-0.3, -0.25) is 47.5 Å². The van der Waals surface area contributed by atoms with Crippen LogP contribution in [-0.2, 0) is 60.7 Å². The van der Waals surface area contributed by atoms with Crippen molar-refractivity contribution >= 4 is 133 Å². The Kier molecular flexibility index (Phi) is 19.0. The van der Waals surface area contributed by atoms with E-state index >= 15 is 0 Å². The van der Waals surface area contributed by atoms with Crippen LogP contribution in [0.1, 0.15) is 0 Å². The highest BCUT2D eigenvalue weighted by Gasteiger charge is 2.28. The van der Waals surface area contributed by atoms with Crippen LogP contribution in [0.2, 0.25) is 0 Å². The standard InChI is InChI=1S/C10H11N3O7S2.C10H10N2O6S2.C7H8N2O6S.C6H6N2O5S.CH4O/c11-4-2-5(21(15,16)17)3-1-6(22(18,19)20)9(13)10(14)7(3)8(4)12;11-7-2-1-5-3-8(12)9(19(13,14)15)4-6(5)10(7)20(16,17)18;1-15-6-3-5(9(10)11)7(2-4(6)8)16(12,13)14;7-5-2-1-4(8(9)10)3-6(5)14(11,12)13;1-2/h1-2,14H,11-13H2,(H,15,16,17)(H,18,19,20);1-4H,11-12H2,(H,13,14,15)(H,16,17,18);2-3H,8H2,1H3,(H,12,13,14);1-3H,7H2,(H,11,12,13);2H,1H3. The molecule has 0 bridgehead atoms. The third-order valence-corrected chi connectivity index (χ3v) is 14.4. The van der Waals surface area contributed by atoms with Gasteiger partial charge in [0, 0.05) is 30.0 Å². The maximum atomic E-state index is 11.4. The Morgan fingerprint density at radius 1 is 0.459 bits per heavy atom. The number of aliphatic hydroxyl groups excluding tert-OH is 1. The molecular weight excluding hydrogens is 1130 g/mol. The zero-order chi connectivity index (χ0) is 57.8. The lowest BCUT2D eigenvalue weighted by molar-refractivity contribution is -0.388. The summed E-state index contributed by atoms with van der Waals surface area (Å²) >= 11 is 0. The van der Waals surface area contributed by atoms with Crippen LogP contribution in [0.15, 0.2) is 96.1 Å². The topological polar surface area (TPSA) is 644 Å². The predicted octanol–water partition coefficient (Wildman–Crippen LogP) is 0.748. The Balaban J connectivity index is 0.000000339. The van der Waals surface area contributed by atoms with Crippen LogP contribution >= 0.6 is 0 Å². The Labute approximate surface area is 416 Å². The molecule has 0 unspecified atom stereocenters. The van der Waals surface area contributed by atoms with Gasteiger partial charge in [0.1, 0.15) is 36.0 Å². The first-order valence-corrected chi connectivity index (χ1v) is 26.8. The van der Waals surface area contributed by atoms with Gasteiger partial charge in [-0.15, -0.1) is 0 Å². The van der Waals surface area contributed by atoms with Gasteiger partial charge in [-0.05, 0) is 47.9 Å². The van der Waals surface area contributed by atoms with E-state index in [4.69, 9.17) is 68.2 Å². The summed E-state index contributed by atoms with van der Waals surface area (Å²) < 4.78 is 192. The second kappa shape index (κ2) is 22.6. The van der Waals surface area contributed by atoms with Crippen LogP contribution in [0.3, 0.4) is 0 Å². The fourth-order valence-electron chi connectivity index (χ4n) is 5.82. The molecule has 0 amide bonds. The van der Waals surface area contributed by atoms with Gasteiger partial charge in [-0.1, -0.05) is 6.07 Å². The van der Waals surface area contributed by atoms with Gasteiger partial charge in [0.25, 0.3) is 62.0 Å². The molecule has 406 valence electrons. The zero-order valence-corrected chi connectivity index (χ0v) is 41.7. The van der Waals surface area contributed by atoms with E-state index in [1.807, 2.05) is 0 Å². The van der Waals surface area contributed by atoms with Gasteiger partial charge in [-0.25, -0.2) is 0 Å². The number of benzene rings is 6. The summed E-state index contributed by atoms with van der Waals surface area (Å²) in [7, 11) is -26.0. The van der Waals surface area contributed by atoms with Crippen molar-refractivity contribution in [3.05, 3.63) is 87.0 Å². The molecule has 0 radical (unpaired) electrons. The van der Waals surface area contributed by atoms with E-state index in [0.717, 1.165) is 49.6 Å². The quantitative estimate of drug-likeness (QED) is 0.0312. The minimum atomic E-state index is -4.87. The molecule has 34 nitrogen and oxygen atoms in total. The maximum absolute atomic E-state index is 11.4.